The maximum atomic E-state index is 6.27. The molecule has 26 heavy (non-hydrogen) atoms. The Morgan fingerprint density at radius 1 is 1.00 bits per heavy atom. The minimum absolute atomic E-state index is 0.224. The number of nitrogens with zero attached hydrogens (tertiary/aromatic N) is 2. The Hall–Kier alpha value is -2.40. The van der Waals surface area contributed by atoms with Gasteiger partial charge in [-0.3, -0.25) is 0 Å². The predicted molar refractivity (Wildman–Crippen MR) is 99.5 cm³/mol. The van der Waals surface area contributed by atoms with Crippen molar-refractivity contribution in [3.8, 4) is 5.88 Å². The smallest absolute Gasteiger partial charge is 0.217 e. The summed E-state index contributed by atoms with van der Waals surface area (Å²) in [6.07, 6.45) is 6.13. The number of aromatic amines is 1. The Labute approximate surface area is 152 Å². The number of hydrogen-bond donors (Lipinski definition) is 1. The fraction of sp³-hybridized carbons (Fsp3) is 0.429. The van der Waals surface area contributed by atoms with E-state index >= 15 is 0 Å². The van der Waals surface area contributed by atoms with Crippen LogP contribution in [-0.4, -0.2) is 34.3 Å². The first-order chi connectivity index (χ1) is 12.9. The van der Waals surface area contributed by atoms with Crippen LogP contribution in [0.3, 0.4) is 0 Å². The molecule has 1 saturated heterocycles. The highest BCUT2D eigenvalue weighted by Gasteiger charge is 2.35. The molecule has 1 aliphatic carbocycles. The summed E-state index contributed by atoms with van der Waals surface area (Å²) in [6, 6.07) is 12.4. The zero-order chi connectivity index (χ0) is 17.3. The monoisotopic (exact) mass is 349 g/mol. The number of hydrogen-bond acceptors (Lipinski definition) is 4. The van der Waals surface area contributed by atoms with Gasteiger partial charge in [-0.25, -0.2) is 9.97 Å². The van der Waals surface area contributed by atoms with Crippen LogP contribution >= 0.6 is 0 Å². The van der Waals surface area contributed by atoms with Crippen molar-refractivity contribution >= 4 is 11.0 Å². The highest BCUT2D eigenvalue weighted by molar-refractivity contribution is 5.74. The SMILES string of the molecule is c1cnc(OC2CC(c3nc4ccccc4[nH]3)C2)c(C2CCOCC2)c1. The molecule has 3 heterocycles. The molecule has 5 rings (SSSR count). The van der Waals surface area contributed by atoms with Gasteiger partial charge in [0.05, 0.1) is 11.0 Å². The van der Waals surface area contributed by atoms with Crippen LogP contribution in [0.15, 0.2) is 42.6 Å². The molecule has 3 aromatic rings. The average molecular weight is 349 g/mol. The van der Waals surface area contributed by atoms with Crippen LogP contribution in [0.2, 0.25) is 0 Å². The van der Waals surface area contributed by atoms with Gasteiger partial charge in [-0.2, -0.15) is 0 Å². The molecule has 0 atom stereocenters. The lowest BCUT2D eigenvalue weighted by molar-refractivity contribution is 0.0761. The van der Waals surface area contributed by atoms with Crippen molar-refractivity contribution in [2.75, 3.05) is 13.2 Å². The van der Waals surface area contributed by atoms with Gasteiger partial charge in [-0.05, 0) is 49.8 Å². The maximum Gasteiger partial charge on any atom is 0.217 e. The quantitative estimate of drug-likeness (QED) is 0.768. The molecule has 1 aromatic carbocycles. The second-order valence-corrected chi connectivity index (χ2v) is 7.33. The molecule has 0 radical (unpaired) electrons. The van der Waals surface area contributed by atoms with E-state index in [1.165, 1.54) is 5.56 Å². The predicted octanol–water partition coefficient (Wildman–Crippen LogP) is 4.18. The second kappa shape index (κ2) is 6.72. The van der Waals surface area contributed by atoms with E-state index in [0.29, 0.717) is 11.8 Å². The number of benzene rings is 1. The number of imidazole rings is 1. The zero-order valence-corrected chi connectivity index (χ0v) is 14.7. The number of pyridine rings is 1. The topological polar surface area (TPSA) is 60.0 Å². The third kappa shape index (κ3) is 2.97. The third-order valence-electron chi connectivity index (χ3n) is 5.63. The van der Waals surface area contributed by atoms with Crippen molar-refractivity contribution in [2.45, 2.75) is 43.6 Å². The summed E-state index contributed by atoms with van der Waals surface area (Å²) in [5, 5.41) is 0. The van der Waals surface area contributed by atoms with Gasteiger partial charge in [-0.1, -0.05) is 18.2 Å². The summed E-state index contributed by atoms with van der Waals surface area (Å²) in [6.45, 7) is 1.66. The van der Waals surface area contributed by atoms with Crippen LogP contribution in [0.1, 0.15) is 48.9 Å². The van der Waals surface area contributed by atoms with Crippen LogP contribution in [0.5, 0.6) is 5.88 Å². The van der Waals surface area contributed by atoms with E-state index in [-0.39, 0.29) is 6.10 Å². The van der Waals surface area contributed by atoms with E-state index in [1.807, 2.05) is 24.4 Å². The lowest BCUT2D eigenvalue weighted by Gasteiger charge is -2.34. The highest BCUT2D eigenvalue weighted by atomic mass is 16.5. The molecule has 2 aromatic heterocycles. The molecule has 2 fully saturated rings. The average Bonchev–Trinajstić information content (AvgIpc) is 3.09. The van der Waals surface area contributed by atoms with Gasteiger partial charge < -0.3 is 14.5 Å². The molecular weight excluding hydrogens is 326 g/mol. The summed E-state index contributed by atoms with van der Waals surface area (Å²) < 4.78 is 11.8. The number of ether oxygens (including phenoxy) is 2. The fourth-order valence-electron chi connectivity index (χ4n) is 4.03. The minimum Gasteiger partial charge on any atom is -0.474 e. The van der Waals surface area contributed by atoms with E-state index in [2.05, 4.69) is 28.2 Å². The largest absolute Gasteiger partial charge is 0.474 e. The normalized spacial score (nSPS) is 23.7. The Morgan fingerprint density at radius 3 is 2.69 bits per heavy atom. The van der Waals surface area contributed by atoms with Gasteiger partial charge in [-0.15, -0.1) is 0 Å². The Kier molecular flexibility index (Phi) is 4.09. The third-order valence-corrected chi connectivity index (χ3v) is 5.63. The molecule has 1 aliphatic heterocycles. The molecule has 1 saturated carbocycles. The van der Waals surface area contributed by atoms with Crippen molar-refractivity contribution in [2.24, 2.45) is 0 Å². The molecule has 0 spiro atoms. The number of fused-ring (bicyclic) bond motifs is 1. The van der Waals surface area contributed by atoms with Gasteiger partial charge in [0.15, 0.2) is 0 Å². The van der Waals surface area contributed by atoms with Crippen molar-refractivity contribution in [1.82, 2.24) is 15.0 Å². The number of nitrogens with one attached hydrogen (secondary N) is 1. The van der Waals surface area contributed by atoms with Crippen LogP contribution in [0.4, 0.5) is 0 Å². The van der Waals surface area contributed by atoms with Gasteiger partial charge in [0.1, 0.15) is 11.9 Å². The maximum absolute atomic E-state index is 6.27. The molecule has 2 aliphatic rings. The minimum atomic E-state index is 0.224. The molecule has 0 amide bonds. The standard InChI is InChI=1S/C21H23N3O2/c1-2-6-19-18(5-1)23-20(24-19)15-12-16(13-15)26-21-17(4-3-9-22-21)14-7-10-25-11-8-14/h1-6,9,14-16H,7-8,10-13H2,(H,23,24). The van der Waals surface area contributed by atoms with Gasteiger partial charge in [0.25, 0.3) is 0 Å². The van der Waals surface area contributed by atoms with E-state index in [9.17, 15) is 0 Å². The van der Waals surface area contributed by atoms with E-state index in [0.717, 1.165) is 61.6 Å². The molecule has 134 valence electrons. The fourth-order valence-corrected chi connectivity index (χ4v) is 4.03. The lowest BCUT2D eigenvalue weighted by atomic mass is 9.81. The van der Waals surface area contributed by atoms with Crippen LogP contribution < -0.4 is 4.74 Å². The van der Waals surface area contributed by atoms with Crippen molar-refractivity contribution in [1.29, 1.82) is 0 Å². The molecule has 5 nitrogen and oxygen atoms in total. The lowest BCUT2D eigenvalue weighted by Crippen LogP contribution is -2.33. The summed E-state index contributed by atoms with van der Waals surface area (Å²) >= 11 is 0. The van der Waals surface area contributed by atoms with E-state index < -0.39 is 0 Å². The van der Waals surface area contributed by atoms with E-state index in [4.69, 9.17) is 14.5 Å². The Balaban J connectivity index is 1.26. The highest BCUT2D eigenvalue weighted by Crippen LogP contribution is 2.40. The van der Waals surface area contributed by atoms with Crippen molar-refractivity contribution in [3.05, 3.63) is 54.0 Å². The number of H-pyrrole nitrogens is 1. The number of aromatic nitrogens is 3. The summed E-state index contributed by atoms with van der Waals surface area (Å²) in [7, 11) is 0. The van der Waals surface area contributed by atoms with Gasteiger partial charge in [0, 0.05) is 30.9 Å². The van der Waals surface area contributed by atoms with Gasteiger partial charge >= 0.3 is 0 Å². The summed E-state index contributed by atoms with van der Waals surface area (Å²) in [5.41, 5.74) is 3.39. The summed E-state index contributed by atoms with van der Waals surface area (Å²) in [4.78, 5) is 12.7. The first kappa shape index (κ1) is 15.8. The molecule has 5 heteroatoms. The van der Waals surface area contributed by atoms with Gasteiger partial charge in [0.2, 0.25) is 5.88 Å². The number of rotatable bonds is 4. The first-order valence-corrected chi connectivity index (χ1v) is 9.51. The first-order valence-electron chi connectivity index (χ1n) is 9.51. The van der Waals surface area contributed by atoms with Crippen LogP contribution in [0.25, 0.3) is 11.0 Å². The summed E-state index contributed by atoms with van der Waals surface area (Å²) in [5.74, 6) is 2.84. The molecule has 0 bridgehead atoms. The molecule has 0 unspecified atom stereocenters. The van der Waals surface area contributed by atoms with E-state index in [1.54, 1.807) is 0 Å². The van der Waals surface area contributed by atoms with Crippen LogP contribution in [0, 0.1) is 0 Å². The molecular formula is C21H23N3O2. The zero-order valence-electron chi connectivity index (χ0n) is 14.7. The Morgan fingerprint density at radius 2 is 1.85 bits per heavy atom. The van der Waals surface area contributed by atoms with Crippen molar-refractivity contribution < 1.29 is 9.47 Å². The van der Waals surface area contributed by atoms with Crippen LogP contribution in [-0.2, 0) is 4.74 Å². The van der Waals surface area contributed by atoms with Crippen molar-refractivity contribution in [3.63, 3.8) is 0 Å². The number of para-hydroxylation sites is 2. The Bertz CT molecular complexity index is 862. The molecule has 1 N–H and O–H groups in total. The second-order valence-electron chi connectivity index (χ2n) is 7.33.